The minimum absolute atomic E-state index is 0.199. The van der Waals surface area contributed by atoms with Crippen LogP contribution in [0, 0.1) is 0 Å². The second-order valence-corrected chi connectivity index (χ2v) is 5.99. The van der Waals surface area contributed by atoms with Gasteiger partial charge in [-0.2, -0.15) is 0 Å². The first-order valence-corrected chi connectivity index (χ1v) is 8.87. The van der Waals surface area contributed by atoms with E-state index in [1.54, 1.807) is 24.3 Å². The molecule has 0 fully saturated rings. The van der Waals surface area contributed by atoms with Crippen LogP contribution in [0.4, 0.5) is 5.69 Å². The molecule has 0 bridgehead atoms. The van der Waals surface area contributed by atoms with Crippen LogP contribution in [0.2, 0.25) is 0 Å². The number of amides is 2. The highest BCUT2D eigenvalue weighted by molar-refractivity contribution is 6.00. The van der Waals surface area contributed by atoms with Gasteiger partial charge in [0.2, 0.25) is 0 Å². The lowest BCUT2D eigenvalue weighted by atomic mass is 10.1. The molecule has 0 saturated heterocycles. The van der Waals surface area contributed by atoms with E-state index in [-0.39, 0.29) is 11.1 Å². The monoisotopic (exact) mass is 380 g/mol. The van der Waals surface area contributed by atoms with E-state index in [4.69, 9.17) is 4.42 Å². The fourth-order valence-corrected chi connectivity index (χ4v) is 2.79. The average Bonchev–Trinajstić information content (AvgIpc) is 2.72. The molecule has 2 aromatic heterocycles. The first kappa shape index (κ1) is 19.1. The van der Waals surface area contributed by atoms with Crippen molar-refractivity contribution in [2.75, 3.05) is 18.0 Å². The Morgan fingerprint density at radius 3 is 2.50 bits per heavy atom. The summed E-state index contributed by atoms with van der Waals surface area (Å²) in [6.07, 6.45) is 2.89. The van der Waals surface area contributed by atoms with Crippen molar-refractivity contribution >= 4 is 28.5 Å². The highest BCUT2D eigenvalue weighted by Gasteiger charge is 2.16. The maximum atomic E-state index is 12.3. The van der Waals surface area contributed by atoms with E-state index in [0.717, 1.165) is 18.8 Å². The van der Waals surface area contributed by atoms with Gasteiger partial charge in [0, 0.05) is 42.6 Å². The largest absolute Gasteiger partial charge is 0.422 e. The van der Waals surface area contributed by atoms with E-state index >= 15 is 0 Å². The molecule has 2 amide bonds. The maximum Gasteiger partial charge on any atom is 0.349 e. The predicted molar refractivity (Wildman–Crippen MR) is 105 cm³/mol. The first-order chi connectivity index (χ1) is 13.5. The van der Waals surface area contributed by atoms with Crippen LogP contribution in [0.5, 0.6) is 0 Å². The van der Waals surface area contributed by atoms with Crippen LogP contribution < -0.4 is 21.4 Å². The van der Waals surface area contributed by atoms with Gasteiger partial charge in [0.05, 0.1) is 5.56 Å². The molecule has 0 aliphatic heterocycles. The molecule has 2 heterocycles. The smallest absolute Gasteiger partial charge is 0.349 e. The van der Waals surface area contributed by atoms with Gasteiger partial charge in [-0.1, -0.05) is 0 Å². The Labute approximate surface area is 161 Å². The zero-order valence-corrected chi connectivity index (χ0v) is 15.6. The predicted octanol–water partition coefficient (Wildman–Crippen LogP) is 2.11. The van der Waals surface area contributed by atoms with Crippen molar-refractivity contribution in [2.45, 2.75) is 13.8 Å². The number of benzene rings is 1. The Hall–Kier alpha value is -3.68. The molecule has 28 heavy (non-hydrogen) atoms. The molecule has 0 saturated carbocycles. The summed E-state index contributed by atoms with van der Waals surface area (Å²) in [5.74, 6) is -1.31. The molecular formula is C20H20N4O4. The molecule has 0 aliphatic rings. The Kier molecular flexibility index (Phi) is 5.69. The third-order valence-corrected chi connectivity index (χ3v) is 4.31. The molecule has 3 rings (SSSR count). The zero-order valence-electron chi connectivity index (χ0n) is 15.6. The quantitative estimate of drug-likeness (QED) is 0.519. The van der Waals surface area contributed by atoms with Crippen molar-refractivity contribution < 1.29 is 14.0 Å². The van der Waals surface area contributed by atoms with E-state index in [2.05, 4.69) is 20.7 Å². The Balaban J connectivity index is 1.80. The summed E-state index contributed by atoms with van der Waals surface area (Å²) in [4.78, 5) is 42.5. The first-order valence-electron chi connectivity index (χ1n) is 8.87. The molecule has 8 heteroatoms. The van der Waals surface area contributed by atoms with E-state index in [9.17, 15) is 14.4 Å². The summed E-state index contributed by atoms with van der Waals surface area (Å²) in [7, 11) is 0. The van der Waals surface area contributed by atoms with Gasteiger partial charge in [-0.05, 0) is 44.2 Å². The van der Waals surface area contributed by atoms with Gasteiger partial charge in [0.15, 0.2) is 0 Å². The second-order valence-electron chi connectivity index (χ2n) is 5.99. The molecule has 0 atom stereocenters. The molecule has 144 valence electrons. The number of nitrogens with zero attached hydrogens (tertiary/aromatic N) is 2. The Morgan fingerprint density at radius 2 is 1.82 bits per heavy atom. The summed E-state index contributed by atoms with van der Waals surface area (Å²) < 4.78 is 5.32. The minimum atomic E-state index is -0.780. The van der Waals surface area contributed by atoms with Gasteiger partial charge < -0.3 is 9.32 Å². The number of carbonyl (C=O) groups is 2. The van der Waals surface area contributed by atoms with Crippen LogP contribution in [0.1, 0.15) is 34.6 Å². The second kappa shape index (κ2) is 8.34. The number of hydrogen-bond donors (Lipinski definition) is 2. The minimum Gasteiger partial charge on any atom is -0.422 e. The number of carbonyl (C=O) groups excluding carboxylic acids is 2. The fourth-order valence-electron chi connectivity index (χ4n) is 2.79. The van der Waals surface area contributed by atoms with Crippen LogP contribution in [0.3, 0.4) is 0 Å². The van der Waals surface area contributed by atoms with Crippen LogP contribution in [-0.2, 0) is 0 Å². The SMILES string of the molecule is CCN(CC)c1ccc2cc(C(=O)NNC(=O)c3cccnc3)c(=O)oc2c1. The summed E-state index contributed by atoms with van der Waals surface area (Å²) in [5.41, 5.74) is 5.08. The molecule has 2 N–H and O–H groups in total. The van der Waals surface area contributed by atoms with Crippen molar-refractivity contribution in [3.05, 3.63) is 70.3 Å². The standard InChI is InChI=1S/C20H20N4O4/c1-3-24(4-2)15-8-7-13-10-16(20(27)28-17(13)11-15)19(26)23-22-18(25)14-6-5-9-21-12-14/h5-12H,3-4H2,1-2H3,(H,22,25)(H,23,26). The van der Waals surface area contributed by atoms with Gasteiger partial charge >= 0.3 is 5.63 Å². The number of nitrogens with one attached hydrogen (secondary N) is 2. The molecule has 0 spiro atoms. The van der Waals surface area contributed by atoms with Crippen molar-refractivity contribution in [2.24, 2.45) is 0 Å². The van der Waals surface area contributed by atoms with Crippen LogP contribution >= 0.6 is 0 Å². The number of rotatable bonds is 5. The lowest BCUT2D eigenvalue weighted by Crippen LogP contribution is -2.43. The lowest BCUT2D eigenvalue weighted by Gasteiger charge is -2.21. The number of fused-ring (bicyclic) bond motifs is 1. The van der Waals surface area contributed by atoms with Gasteiger partial charge in [0.1, 0.15) is 11.1 Å². The lowest BCUT2D eigenvalue weighted by molar-refractivity contribution is 0.0844. The number of hydrogen-bond acceptors (Lipinski definition) is 6. The highest BCUT2D eigenvalue weighted by atomic mass is 16.4. The summed E-state index contributed by atoms with van der Waals surface area (Å²) >= 11 is 0. The van der Waals surface area contributed by atoms with Crippen LogP contribution in [-0.4, -0.2) is 29.9 Å². The third kappa shape index (κ3) is 4.01. The molecule has 0 radical (unpaired) electrons. The average molecular weight is 380 g/mol. The Morgan fingerprint density at radius 1 is 1.07 bits per heavy atom. The van der Waals surface area contributed by atoms with E-state index in [1.807, 2.05) is 19.9 Å². The third-order valence-electron chi connectivity index (χ3n) is 4.31. The summed E-state index contributed by atoms with van der Waals surface area (Å²) in [5, 5.41) is 0.610. The molecule has 1 aromatic carbocycles. The van der Waals surface area contributed by atoms with Crippen molar-refractivity contribution in [1.29, 1.82) is 0 Å². The van der Waals surface area contributed by atoms with Gasteiger partial charge in [0.25, 0.3) is 11.8 Å². The molecule has 0 aliphatic carbocycles. The Bertz CT molecular complexity index is 1060. The van der Waals surface area contributed by atoms with E-state index < -0.39 is 17.4 Å². The number of anilines is 1. The molecule has 0 unspecified atom stereocenters. The van der Waals surface area contributed by atoms with Crippen molar-refractivity contribution in [3.8, 4) is 0 Å². The maximum absolute atomic E-state index is 12.3. The van der Waals surface area contributed by atoms with E-state index in [1.165, 1.54) is 18.5 Å². The zero-order chi connectivity index (χ0) is 20.1. The van der Waals surface area contributed by atoms with Gasteiger partial charge in [-0.25, -0.2) is 4.79 Å². The van der Waals surface area contributed by atoms with Gasteiger partial charge in [-0.15, -0.1) is 0 Å². The number of hydrazine groups is 1. The summed E-state index contributed by atoms with van der Waals surface area (Å²) in [6.45, 7) is 5.72. The molecular weight excluding hydrogens is 360 g/mol. The fraction of sp³-hybridized carbons (Fsp3) is 0.200. The molecule has 8 nitrogen and oxygen atoms in total. The number of pyridine rings is 1. The normalized spacial score (nSPS) is 10.5. The van der Waals surface area contributed by atoms with Crippen LogP contribution in [0.25, 0.3) is 11.0 Å². The number of aromatic nitrogens is 1. The summed E-state index contributed by atoms with van der Waals surface area (Å²) in [6, 6.07) is 10.1. The van der Waals surface area contributed by atoms with E-state index in [0.29, 0.717) is 11.0 Å². The van der Waals surface area contributed by atoms with Crippen molar-refractivity contribution in [1.82, 2.24) is 15.8 Å². The van der Waals surface area contributed by atoms with Crippen LogP contribution in [0.15, 0.2) is 58.0 Å². The van der Waals surface area contributed by atoms with Gasteiger partial charge in [-0.3, -0.25) is 25.4 Å². The molecule has 3 aromatic rings. The highest BCUT2D eigenvalue weighted by Crippen LogP contribution is 2.21. The van der Waals surface area contributed by atoms with Crippen molar-refractivity contribution in [3.63, 3.8) is 0 Å². The topological polar surface area (TPSA) is 105 Å².